The van der Waals surface area contributed by atoms with Crippen LogP contribution in [-0.2, 0) is 16.6 Å². The summed E-state index contributed by atoms with van der Waals surface area (Å²) in [5.41, 5.74) is -0.698. The van der Waals surface area contributed by atoms with Gasteiger partial charge in [0.15, 0.2) is 0 Å². The van der Waals surface area contributed by atoms with E-state index in [0.717, 1.165) is 19.2 Å². The maximum absolute atomic E-state index is 14.8. The van der Waals surface area contributed by atoms with Gasteiger partial charge in [-0.05, 0) is 18.1 Å². The standard InChI is InChI=1S/C19H17F4NO2/c1-11-7-8-16-13(9-11)14(10-24-17(25)26-2)12-5-3-4-6-15(12)18(20,21)19(16,22)23/h3-9,14H,10H2,1-2H3,(H,24,25). The van der Waals surface area contributed by atoms with Gasteiger partial charge < -0.3 is 10.1 Å². The van der Waals surface area contributed by atoms with E-state index in [2.05, 4.69) is 10.1 Å². The minimum atomic E-state index is -4.38. The lowest BCUT2D eigenvalue weighted by molar-refractivity contribution is -0.223. The van der Waals surface area contributed by atoms with Crippen LogP contribution in [0.1, 0.15) is 33.7 Å². The van der Waals surface area contributed by atoms with Crippen molar-refractivity contribution >= 4 is 6.09 Å². The van der Waals surface area contributed by atoms with Gasteiger partial charge in [-0.15, -0.1) is 0 Å². The van der Waals surface area contributed by atoms with E-state index < -0.39 is 35.0 Å². The van der Waals surface area contributed by atoms with Crippen molar-refractivity contribution in [2.24, 2.45) is 0 Å². The molecule has 0 fully saturated rings. The van der Waals surface area contributed by atoms with Crippen LogP contribution in [0.25, 0.3) is 0 Å². The number of hydrogen-bond donors (Lipinski definition) is 1. The number of halogens is 4. The van der Waals surface area contributed by atoms with Crippen molar-refractivity contribution in [3.63, 3.8) is 0 Å². The molecule has 0 bridgehead atoms. The lowest BCUT2D eigenvalue weighted by Gasteiger charge is -2.27. The van der Waals surface area contributed by atoms with Gasteiger partial charge in [0.2, 0.25) is 0 Å². The number of methoxy groups -OCH3 is 1. The van der Waals surface area contributed by atoms with Crippen LogP contribution in [0.5, 0.6) is 0 Å². The molecule has 0 radical (unpaired) electrons. The molecule has 2 aromatic carbocycles. The van der Waals surface area contributed by atoms with Crippen LogP contribution in [0.2, 0.25) is 0 Å². The molecule has 138 valence electrons. The van der Waals surface area contributed by atoms with Crippen LogP contribution in [-0.4, -0.2) is 19.7 Å². The molecule has 0 aliphatic heterocycles. The molecule has 0 heterocycles. The second-order valence-corrected chi connectivity index (χ2v) is 6.25. The Morgan fingerprint density at radius 1 is 1.04 bits per heavy atom. The van der Waals surface area contributed by atoms with E-state index in [9.17, 15) is 22.4 Å². The Morgan fingerprint density at radius 2 is 1.65 bits per heavy atom. The molecule has 0 spiro atoms. The van der Waals surface area contributed by atoms with Gasteiger partial charge in [0.25, 0.3) is 0 Å². The Hall–Kier alpha value is -2.57. The van der Waals surface area contributed by atoms with Crippen molar-refractivity contribution in [3.8, 4) is 0 Å². The van der Waals surface area contributed by atoms with Crippen LogP contribution >= 0.6 is 0 Å². The van der Waals surface area contributed by atoms with Gasteiger partial charge in [0.05, 0.1) is 7.11 Å². The maximum atomic E-state index is 14.8. The molecule has 0 aromatic heterocycles. The normalized spacial score (nSPS) is 19.7. The van der Waals surface area contributed by atoms with Crippen molar-refractivity contribution in [1.82, 2.24) is 5.32 Å². The lowest BCUT2D eigenvalue weighted by atomic mass is 9.87. The molecular weight excluding hydrogens is 350 g/mol. The average molecular weight is 367 g/mol. The third kappa shape index (κ3) is 2.71. The fourth-order valence-corrected chi connectivity index (χ4v) is 3.33. The fraction of sp³-hybridized carbons (Fsp3) is 0.316. The van der Waals surface area contributed by atoms with Gasteiger partial charge in [-0.1, -0.05) is 48.0 Å². The molecule has 1 amide bonds. The van der Waals surface area contributed by atoms with Gasteiger partial charge in [-0.25, -0.2) is 4.79 Å². The molecule has 1 unspecified atom stereocenters. The van der Waals surface area contributed by atoms with Crippen molar-refractivity contribution in [2.45, 2.75) is 24.7 Å². The van der Waals surface area contributed by atoms with Crippen LogP contribution in [0.3, 0.4) is 0 Å². The first-order chi connectivity index (χ1) is 12.2. The Labute approximate surface area is 148 Å². The van der Waals surface area contributed by atoms with Crippen LogP contribution < -0.4 is 5.32 Å². The van der Waals surface area contributed by atoms with Gasteiger partial charge >= 0.3 is 17.9 Å². The van der Waals surface area contributed by atoms with E-state index in [1.54, 1.807) is 6.92 Å². The number of benzene rings is 2. The maximum Gasteiger partial charge on any atom is 0.406 e. The highest BCUT2D eigenvalue weighted by Crippen LogP contribution is 2.55. The zero-order valence-electron chi connectivity index (χ0n) is 14.2. The second-order valence-electron chi connectivity index (χ2n) is 6.25. The van der Waals surface area contributed by atoms with E-state index in [-0.39, 0.29) is 17.7 Å². The molecular formula is C19H17F4NO2. The molecule has 1 N–H and O–H groups in total. The number of nitrogens with one attached hydrogen (secondary N) is 1. The predicted octanol–water partition coefficient (Wildman–Crippen LogP) is 4.68. The molecule has 1 aliphatic rings. The highest BCUT2D eigenvalue weighted by Gasteiger charge is 2.62. The van der Waals surface area contributed by atoms with Crippen LogP contribution in [0.15, 0.2) is 42.5 Å². The summed E-state index contributed by atoms with van der Waals surface area (Å²) >= 11 is 0. The predicted molar refractivity (Wildman–Crippen MR) is 87.7 cm³/mol. The third-order valence-electron chi connectivity index (χ3n) is 4.63. The van der Waals surface area contributed by atoms with Gasteiger partial charge in [0, 0.05) is 23.6 Å². The van der Waals surface area contributed by atoms with E-state index in [4.69, 9.17) is 0 Å². The van der Waals surface area contributed by atoms with Crippen molar-refractivity contribution < 1.29 is 27.1 Å². The van der Waals surface area contributed by atoms with Crippen LogP contribution in [0, 0.1) is 6.92 Å². The molecule has 3 rings (SSSR count). The smallest absolute Gasteiger partial charge is 0.406 e. The summed E-state index contributed by atoms with van der Waals surface area (Å²) in [6.07, 6.45) is -0.764. The number of carbonyl (C=O) groups excluding carboxylic acids is 1. The number of alkyl halides is 4. The summed E-state index contributed by atoms with van der Waals surface area (Å²) in [4.78, 5) is 11.5. The third-order valence-corrected chi connectivity index (χ3v) is 4.63. The number of fused-ring (bicyclic) bond motifs is 2. The number of ether oxygens (including phenoxy) is 1. The number of hydrogen-bond acceptors (Lipinski definition) is 2. The average Bonchev–Trinajstić information content (AvgIpc) is 2.65. The quantitative estimate of drug-likeness (QED) is 0.783. The minimum absolute atomic E-state index is 0.0536. The molecule has 26 heavy (non-hydrogen) atoms. The van der Waals surface area contributed by atoms with Crippen LogP contribution in [0.4, 0.5) is 22.4 Å². The number of alkyl carbamates (subject to hydrolysis) is 1. The highest BCUT2D eigenvalue weighted by atomic mass is 19.3. The van der Waals surface area contributed by atoms with E-state index in [1.807, 2.05) is 0 Å². The van der Waals surface area contributed by atoms with Gasteiger partial charge in [-0.3, -0.25) is 0 Å². The Balaban J connectivity index is 2.27. The molecule has 7 heteroatoms. The van der Waals surface area contributed by atoms with E-state index in [1.165, 1.54) is 30.3 Å². The summed E-state index contributed by atoms with van der Waals surface area (Å²) in [5.74, 6) is -9.63. The number of carbonyl (C=O) groups is 1. The summed E-state index contributed by atoms with van der Waals surface area (Å²) in [6, 6.07) is 9.09. The van der Waals surface area contributed by atoms with Gasteiger partial charge in [-0.2, -0.15) is 17.6 Å². The summed E-state index contributed by atoms with van der Waals surface area (Å²) in [6.45, 7) is 1.55. The molecule has 0 saturated carbocycles. The van der Waals surface area contributed by atoms with Gasteiger partial charge in [0.1, 0.15) is 0 Å². The highest BCUT2D eigenvalue weighted by molar-refractivity contribution is 5.67. The zero-order chi connectivity index (χ0) is 19.1. The largest absolute Gasteiger partial charge is 0.453 e. The zero-order valence-corrected chi connectivity index (χ0v) is 14.2. The van der Waals surface area contributed by atoms with Crippen molar-refractivity contribution in [1.29, 1.82) is 0 Å². The summed E-state index contributed by atoms with van der Waals surface area (Å²) in [7, 11) is 1.16. The first-order valence-electron chi connectivity index (χ1n) is 7.98. The number of aryl methyl sites for hydroxylation is 1. The number of amides is 1. The molecule has 1 aliphatic carbocycles. The summed E-state index contributed by atoms with van der Waals surface area (Å²) in [5, 5.41) is 2.43. The monoisotopic (exact) mass is 367 g/mol. The number of rotatable bonds is 2. The molecule has 2 aromatic rings. The van der Waals surface area contributed by atoms with Crippen molar-refractivity contribution in [2.75, 3.05) is 13.7 Å². The first-order valence-corrected chi connectivity index (χ1v) is 7.98. The van der Waals surface area contributed by atoms with Crippen molar-refractivity contribution in [3.05, 3.63) is 70.3 Å². The molecule has 0 saturated heterocycles. The fourth-order valence-electron chi connectivity index (χ4n) is 3.33. The summed E-state index contributed by atoms with van der Waals surface area (Å²) < 4.78 is 63.7. The Morgan fingerprint density at radius 3 is 2.31 bits per heavy atom. The minimum Gasteiger partial charge on any atom is -0.453 e. The van der Waals surface area contributed by atoms with E-state index in [0.29, 0.717) is 5.56 Å². The molecule has 3 nitrogen and oxygen atoms in total. The SMILES string of the molecule is COC(=O)NCC1c2ccccc2C(F)(F)C(F)(F)c2ccc(C)cc21. The Kier molecular flexibility index (Phi) is 4.42. The molecule has 1 atom stereocenters. The lowest BCUT2D eigenvalue weighted by Crippen LogP contribution is -2.35. The van der Waals surface area contributed by atoms with E-state index >= 15 is 0 Å². The second kappa shape index (κ2) is 6.30. The Bertz CT molecular complexity index is 851. The first kappa shape index (κ1) is 18.2. The topological polar surface area (TPSA) is 38.3 Å².